The number of amides is 2. The average Bonchev–Trinajstić information content (AvgIpc) is 3.46. The number of methoxy groups -OCH3 is 1. The lowest BCUT2D eigenvalue weighted by Gasteiger charge is -2.22. The van der Waals surface area contributed by atoms with Crippen LogP contribution in [0.5, 0.6) is 0 Å². The molecule has 0 bridgehead atoms. The van der Waals surface area contributed by atoms with Gasteiger partial charge in [-0.05, 0) is 60.6 Å². The zero-order valence-electron chi connectivity index (χ0n) is 19.2. The fourth-order valence-corrected chi connectivity index (χ4v) is 4.30. The maximum Gasteiger partial charge on any atom is 0.337 e. The van der Waals surface area contributed by atoms with E-state index in [0.717, 1.165) is 5.56 Å². The highest BCUT2D eigenvalue weighted by atomic mass is 32.1. The maximum absolute atomic E-state index is 13.4. The summed E-state index contributed by atoms with van der Waals surface area (Å²) in [6.45, 7) is 0.703. The number of thiocarbonyl (C=S) groups is 1. The van der Waals surface area contributed by atoms with Crippen molar-refractivity contribution in [3.8, 4) is 0 Å². The minimum Gasteiger partial charge on any atom is -0.467 e. The second kappa shape index (κ2) is 11.0. The Balaban J connectivity index is 1.46. The normalized spacial score (nSPS) is 15.4. The maximum atomic E-state index is 13.4. The molecule has 8 nitrogen and oxygen atoms in total. The fourth-order valence-electron chi connectivity index (χ4n) is 3.93. The Bertz CT molecular complexity index is 1200. The number of esters is 1. The van der Waals surface area contributed by atoms with Gasteiger partial charge in [0.1, 0.15) is 11.8 Å². The first kappa shape index (κ1) is 24.2. The summed E-state index contributed by atoms with van der Waals surface area (Å²) in [4.78, 5) is 41.1. The van der Waals surface area contributed by atoms with E-state index >= 15 is 0 Å². The number of carbonyl (C=O) groups is 3. The molecule has 0 saturated carbocycles. The first-order valence-corrected chi connectivity index (χ1v) is 11.5. The van der Waals surface area contributed by atoms with Crippen molar-refractivity contribution >= 4 is 40.8 Å². The summed E-state index contributed by atoms with van der Waals surface area (Å²) >= 11 is 5.65. The van der Waals surface area contributed by atoms with E-state index in [4.69, 9.17) is 16.6 Å². The van der Waals surface area contributed by atoms with Crippen molar-refractivity contribution < 1.29 is 23.5 Å². The molecule has 1 aliphatic rings. The topological polar surface area (TPSA) is 92.1 Å². The van der Waals surface area contributed by atoms with Crippen LogP contribution in [0.4, 0.5) is 5.69 Å². The minimum absolute atomic E-state index is 0.0831. The second-order valence-electron chi connectivity index (χ2n) is 8.05. The molecule has 1 aromatic heterocycles. The van der Waals surface area contributed by atoms with Gasteiger partial charge in [0.05, 0.1) is 31.9 Å². The van der Waals surface area contributed by atoms with Crippen molar-refractivity contribution in [2.45, 2.75) is 25.4 Å². The summed E-state index contributed by atoms with van der Waals surface area (Å²) in [7, 11) is 1.30. The molecular weight excluding hydrogens is 466 g/mol. The van der Waals surface area contributed by atoms with Crippen LogP contribution in [-0.2, 0) is 27.3 Å². The molecule has 180 valence electrons. The van der Waals surface area contributed by atoms with Crippen molar-refractivity contribution in [1.29, 1.82) is 0 Å². The number of hydrogen-bond acceptors (Lipinski definition) is 6. The molecule has 3 aromatic rings. The second-order valence-corrected chi connectivity index (χ2v) is 8.42. The standard InChI is InChI=1S/C26H25N3O5S/c1-33-25(32)19-9-11-20(12-10-19)27-23(30)16-22-24(31)28(14-13-18-6-3-2-4-7-18)26(35)29(22)17-21-8-5-15-34-21/h2-12,15,22H,13-14,16-17H2,1H3,(H,27,30)/t22-/m1/s1. The van der Waals surface area contributed by atoms with E-state index in [1.54, 1.807) is 52.5 Å². The van der Waals surface area contributed by atoms with Gasteiger partial charge in [0.25, 0.3) is 5.91 Å². The third-order valence-corrected chi connectivity index (χ3v) is 6.20. The molecule has 2 aromatic carbocycles. The van der Waals surface area contributed by atoms with Crippen molar-refractivity contribution in [2.24, 2.45) is 0 Å². The molecule has 0 aliphatic carbocycles. The molecule has 9 heteroatoms. The fraction of sp³-hybridized carbons (Fsp3) is 0.231. The first-order valence-electron chi connectivity index (χ1n) is 11.1. The highest BCUT2D eigenvalue weighted by Crippen LogP contribution is 2.25. The molecule has 0 spiro atoms. The number of nitrogens with zero attached hydrogens (tertiary/aromatic N) is 2. The predicted octanol–water partition coefficient (Wildman–Crippen LogP) is 3.64. The van der Waals surface area contributed by atoms with E-state index < -0.39 is 12.0 Å². The van der Waals surface area contributed by atoms with Crippen molar-refractivity contribution in [1.82, 2.24) is 9.80 Å². The summed E-state index contributed by atoms with van der Waals surface area (Å²) in [6.07, 6.45) is 2.12. The molecule has 1 fully saturated rings. The van der Waals surface area contributed by atoms with Crippen LogP contribution in [0.1, 0.15) is 28.1 Å². The lowest BCUT2D eigenvalue weighted by molar-refractivity contribution is -0.130. The summed E-state index contributed by atoms with van der Waals surface area (Å²) in [6, 6.07) is 19.0. The van der Waals surface area contributed by atoms with Crippen LogP contribution in [0.2, 0.25) is 0 Å². The first-order chi connectivity index (χ1) is 17.0. The highest BCUT2D eigenvalue weighted by molar-refractivity contribution is 7.80. The predicted molar refractivity (Wildman–Crippen MR) is 134 cm³/mol. The Morgan fingerprint density at radius 3 is 2.46 bits per heavy atom. The van der Waals surface area contributed by atoms with Gasteiger partial charge in [-0.3, -0.25) is 14.5 Å². The number of nitrogens with one attached hydrogen (secondary N) is 1. The van der Waals surface area contributed by atoms with Crippen LogP contribution < -0.4 is 5.32 Å². The van der Waals surface area contributed by atoms with Gasteiger partial charge in [-0.2, -0.15) is 0 Å². The Labute approximate surface area is 208 Å². The molecule has 2 heterocycles. The molecule has 0 unspecified atom stereocenters. The molecule has 35 heavy (non-hydrogen) atoms. The van der Waals surface area contributed by atoms with E-state index in [2.05, 4.69) is 10.1 Å². The monoisotopic (exact) mass is 491 g/mol. The van der Waals surface area contributed by atoms with Crippen LogP contribution in [0.15, 0.2) is 77.4 Å². The smallest absolute Gasteiger partial charge is 0.337 e. The van der Waals surface area contributed by atoms with Crippen LogP contribution in [0.25, 0.3) is 0 Å². The number of rotatable bonds is 9. The largest absolute Gasteiger partial charge is 0.467 e. The van der Waals surface area contributed by atoms with Crippen LogP contribution in [0, 0.1) is 0 Å². The van der Waals surface area contributed by atoms with Gasteiger partial charge in [-0.25, -0.2) is 4.79 Å². The third-order valence-electron chi connectivity index (χ3n) is 5.75. The van der Waals surface area contributed by atoms with E-state index in [-0.39, 0.29) is 24.8 Å². The Morgan fingerprint density at radius 2 is 1.80 bits per heavy atom. The molecule has 2 amide bonds. The lowest BCUT2D eigenvalue weighted by atomic mass is 10.1. The molecule has 1 atom stereocenters. The summed E-state index contributed by atoms with van der Waals surface area (Å²) in [5, 5.41) is 3.16. The van der Waals surface area contributed by atoms with Crippen molar-refractivity contribution in [3.05, 3.63) is 89.9 Å². The molecule has 1 aliphatic heterocycles. The number of ether oxygens (including phenoxy) is 1. The van der Waals surface area contributed by atoms with Gasteiger partial charge in [-0.1, -0.05) is 30.3 Å². The Kier molecular flexibility index (Phi) is 7.57. The van der Waals surface area contributed by atoms with E-state index in [0.29, 0.717) is 35.1 Å². The van der Waals surface area contributed by atoms with Gasteiger partial charge < -0.3 is 19.4 Å². The van der Waals surface area contributed by atoms with Crippen molar-refractivity contribution in [2.75, 3.05) is 19.0 Å². The number of carbonyl (C=O) groups excluding carboxylic acids is 3. The Hall–Kier alpha value is -3.98. The van der Waals surface area contributed by atoms with E-state index in [9.17, 15) is 14.4 Å². The van der Waals surface area contributed by atoms with Gasteiger partial charge in [0.2, 0.25) is 5.91 Å². The van der Waals surface area contributed by atoms with Crippen LogP contribution in [0.3, 0.4) is 0 Å². The number of benzene rings is 2. The quantitative estimate of drug-likeness (QED) is 0.361. The van der Waals surface area contributed by atoms with Gasteiger partial charge in [0, 0.05) is 12.2 Å². The molecule has 1 N–H and O–H groups in total. The van der Waals surface area contributed by atoms with Crippen LogP contribution >= 0.6 is 12.2 Å². The highest BCUT2D eigenvalue weighted by Gasteiger charge is 2.43. The average molecular weight is 492 g/mol. The Morgan fingerprint density at radius 1 is 1.06 bits per heavy atom. The van der Waals surface area contributed by atoms with E-state index in [1.807, 2.05) is 30.3 Å². The zero-order valence-corrected chi connectivity index (χ0v) is 20.0. The van der Waals surface area contributed by atoms with Gasteiger partial charge in [0.15, 0.2) is 5.11 Å². The SMILES string of the molecule is COC(=O)c1ccc(NC(=O)C[C@@H]2C(=O)N(CCc3ccccc3)C(=S)N2Cc2ccco2)cc1. The lowest BCUT2D eigenvalue weighted by Crippen LogP contribution is -2.37. The van der Waals surface area contributed by atoms with Gasteiger partial charge >= 0.3 is 5.97 Å². The molecule has 0 radical (unpaired) electrons. The molecule has 4 rings (SSSR count). The third kappa shape index (κ3) is 5.75. The number of anilines is 1. The molecule has 1 saturated heterocycles. The zero-order chi connectivity index (χ0) is 24.8. The minimum atomic E-state index is -0.752. The van der Waals surface area contributed by atoms with Crippen LogP contribution in [-0.4, -0.2) is 52.4 Å². The summed E-state index contributed by atoms with van der Waals surface area (Å²) in [5.41, 5.74) is 1.98. The van der Waals surface area contributed by atoms with E-state index in [1.165, 1.54) is 7.11 Å². The summed E-state index contributed by atoms with van der Waals surface area (Å²) < 4.78 is 10.1. The number of furan rings is 1. The summed E-state index contributed by atoms with van der Waals surface area (Å²) in [5.74, 6) is -0.369. The molecular formula is C26H25N3O5S. The van der Waals surface area contributed by atoms with Gasteiger partial charge in [-0.15, -0.1) is 0 Å². The van der Waals surface area contributed by atoms with Crippen molar-refractivity contribution in [3.63, 3.8) is 0 Å². The number of hydrogen-bond donors (Lipinski definition) is 1.